The molecule has 2 aromatic carbocycles. The number of nitrogens with zero attached hydrogens (tertiary/aromatic N) is 2. The molecule has 0 atom stereocenters. The van der Waals surface area contributed by atoms with E-state index in [1.807, 2.05) is 0 Å². The minimum atomic E-state index is -1.21. The number of amides is 4. The van der Waals surface area contributed by atoms with Crippen LogP contribution in [0.15, 0.2) is 42.6 Å². The van der Waals surface area contributed by atoms with Gasteiger partial charge in [-0.25, -0.2) is 4.39 Å². The van der Waals surface area contributed by atoms with E-state index in [0.29, 0.717) is 49.0 Å². The molecule has 5 rings (SSSR count). The number of halogens is 1. The first-order valence-corrected chi connectivity index (χ1v) is 15.1. The summed E-state index contributed by atoms with van der Waals surface area (Å²) in [5.74, 6) is -2.06. The van der Waals surface area contributed by atoms with Gasteiger partial charge < -0.3 is 31.2 Å². The Bertz CT molecular complexity index is 1610. The monoisotopic (exact) mass is 623 g/mol. The number of thiol groups is 1. The standard InChI is InChI=1S/C31H34FN5O6S/c32-22-14-19(37(18-4-5-18)30(41)31(9-10-31)29(34)40)6-7-25(22)43-24-8-12-35-23-16-26(21(28(33)39)15-20(23)24)42-13-3-1-2-11-36-27(38)17-44/h6-8,12,14-16,18,44H,1-5,9-11,13,17H2,(H2,33,39)(H2,34,40)(H,36,38). The molecule has 0 aliphatic heterocycles. The smallest absolute Gasteiger partial charge is 0.252 e. The van der Waals surface area contributed by atoms with Crippen molar-refractivity contribution < 1.29 is 33.0 Å². The summed E-state index contributed by atoms with van der Waals surface area (Å²) in [7, 11) is 0. The average Bonchev–Trinajstić information content (AvgIpc) is 3.92. The second kappa shape index (κ2) is 13.1. The largest absolute Gasteiger partial charge is 0.493 e. The quantitative estimate of drug-likeness (QED) is 0.114. The van der Waals surface area contributed by atoms with Crippen LogP contribution in [0.5, 0.6) is 17.2 Å². The number of ether oxygens (including phenoxy) is 2. The van der Waals surface area contributed by atoms with Crippen LogP contribution in [0.2, 0.25) is 0 Å². The second-order valence-electron chi connectivity index (χ2n) is 11.0. The zero-order valence-corrected chi connectivity index (χ0v) is 24.9. The molecule has 44 heavy (non-hydrogen) atoms. The SMILES string of the molecule is NC(=O)c1cc2c(Oc3ccc(N(C(=O)C4(C(N)=O)CC4)C4CC4)cc3F)ccnc2cc1OCCCCCNC(=O)CS. The number of hydrogen-bond donors (Lipinski definition) is 4. The number of unbranched alkanes of at least 4 members (excludes halogenated alkanes) is 2. The third kappa shape index (κ3) is 6.72. The number of benzene rings is 2. The summed E-state index contributed by atoms with van der Waals surface area (Å²) in [5.41, 5.74) is 10.8. The van der Waals surface area contributed by atoms with Crippen LogP contribution >= 0.6 is 12.6 Å². The van der Waals surface area contributed by atoms with Crippen molar-refractivity contribution in [3.05, 3.63) is 54.0 Å². The van der Waals surface area contributed by atoms with Crippen LogP contribution < -0.4 is 31.2 Å². The zero-order chi connectivity index (χ0) is 31.4. The van der Waals surface area contributed by atoms with Gasteiger partial charge in [0.05, 0.1) is 23.4 Å². The van der Waals surface area contributed by atoms with Crippen molar-refractivity contribution in [2.45, 2.75) is 51.0 Å². The van der Waals surface area contributed by atoms with E-state index in [2.05, 4.69) is 22.9 Å². The Morgan fingerprint density at radius 2 is 1.80 bits per heavy atom. The molecule has 2 aliphatic carbocycles. The molecule has 1 aromatic heterocycles. The first kappa shape index (κ1) is 31.0. The second-order valence-corrected chi connectivity index (χ2v) is 11.3. The minimum absolute atomic E-state index is 0.105. The molecule has 13 heteroatoms. The van der Waals surface area contributed by atoms with Gasteiger partial charge in [0.25, 0.3) is 5.91 Å². The lowest BCUT2D eigenvalue weighted by Crippen LogP contribution is -2.44. The van der Waals surface area contributed by atoms with E-state index in [0.717, 1.165) is 25.7 Å². The van der Waals surface area contributed by atoms with Gasteiger partial charge in [-0.05, 0) is 69.2 Å². The summed E-state index contributed by atoms with van der Waals surface area (Å²) in [6.07, 6.45) is 6.04. The summed E-state index contributed by atoms with van der Waals surface area (Å²) in [6, 6.07) is 8.72. The highest BCUT2D eigenvalue weighted by molar-refractivity contribution is 7.81. The van der Waals surface area contributed by atoms with Crippen LogP contribution in [0.4, 0.5) is 10.1 Å². The number of anilines is 1. The van der Waals surface area contributed by atoms with E-state index in [-0.39, 0.29) is 40.5 Å². The molecule has 0 unspecified atom stereocenters. The van der Waals surface area contributed by atoms with Gasteiger partial charge in [0.15, 0.2) is 11.6 Å². The van der Waals surface area contributed by atoms with Crippen molar-refractivity contribution in [2.24, 2.45) is 16.9 Å². The molecule has 0 saturated heterocycles. The summed E-state index contributed by atoms with van der Waals surface area (Å²) >= 11 is 3.92. The van der Waals surface area contributed by atoms with Gasteiger partial charge in [0.2, 0.25) is 17.7 Å². The number of nitrogens with one attached hydrogen (secondary N) is 1. The lowest BCUT2D eigenvalue weighted by Gasteiger charge is -2.26. The van der Waals surface area contributed by atoms with Gasteiger partial charge in [-0.3, -0.25) is 24.2 Å². The van der Waals surface area contributed by atoms with Gasteiger partial charge in [-0.15, -0.1) is 0 Å². The number of fused-ring (bicyclic) bond motifs is 1. The Morgan fingerprint density at radius 3 is 2.43 bits per heavy atom. The molecule has 2 aliphatic rings. The van der Waals surface area contributed by atoms with Gasteiger partial charge >= 0.3 is 0 Å². The van der Waals surface area contributed by atoms with E-state index in [4.69, 9.17) is 20.9 Å². The molecule has 0 spiro atoms. The van der Waals surface area contributed by atoms with Crippen LogP contribution in [-0.2, 0) is 14.4 Å². The lowest BCUT2D eigenvalue weighted by atomic mass is 10.0. The molecular weight excluding hydrogens is 589 g/mol. The molecule has 232 valence electrons. The zero-order valence-electron chi connectivity index (χ0n) is 24.0. The Labute approximate surface area is 258 Å². The maximum atomic E-state index is 15.4. The highest BCUT2D eigenvalue weighted by Crippen LogP contribution is 2.49. The molecule has 5 N–H and O–H groups in total. The topological polar surface area (TPSA) is 167 Å². The summed E-state index contributed by atoms with van der Waals surface area (Å²) in [4.78, 5) is 54.6. The Kier molecular flexibility index (Phi) is 9.23. The van der Waals surface area contributed by atoms with Crippen LogP contribution in [0.25, 0.3) is 10.9 Å². The molecule has 2 fully saturated rings. The average molecular weight is 624 g/mol. The number of primary amides is 2. The molecule has 3 aromatic rings. The number of aromatic nitrogens is 1. The maximum Gasteiger partial charge on any atom is 0.252 e. The summed E-state index contributed by atoms with van der Waals surface area (Å²) in [5, 5.41) is 3.17. The Balaban J connectivity index is 1.31. The van der Waals surface area contributed by atoms with Crippen molar-refractivity contribution in [3.8, 4) is 17.2 Å². The Morgan fingerprint density at radius 1 is 1.02 bits per heavy atom. The lowest BCUT2D eigenvalue weighted by molar-refractivity contribution is -0.133. The van der Waals surface area contributed by atoms with E-state index >= 15 is 4.39 Å². The fourth-order valence-corrected chi connectivity index (χ4v) is 5.12. The van der Waals surface area contributed by atoms with Crippen LogP contribution in [0.3, 0.4) is 0 Å². The number of nitrogens with two attached hydrogens (primary N) is 2. The van der Waals surface area contributed by atoms with E-state index in [1.165, 1.54) is 35.4 Å². The number of rotatable bonds is 15. The van der Waals surface area contributed by atoms with Crippen molar-refractivity contribution in [3.63, 3.8) is 0 Å². The molecule has 11 nitrogen and oxygen atoms in total. The maximum absolute atomic E-state index is 15.4. The fourth-order valence-electron chi connectivity index (χ4n) is 5.01. The van der Waals surface area contributed by atoms with Gasteiger partial charge in [-0.2, -0.15) is 12.6 Å². The molecular formula is C31H34FN5O6S. The van der Waals surface area contributed by atoms with Crippen LogP contribution in [0, 0.1) is 11.2 Å². The van der Waals surface area contributed by atoms with Crippen LogP contribution in [-0.4, -0.2) is 53.6 Å². The molecule has 2 saturated carbocycles. The summed E-state index contributed by atoms with van der Waals surface area (Å²) in [6.45, 7) is 0.867. The predicted molar refractivity (Wildman–Crippen MR) is 164 cm³/mol. The number of pyridine rings is 1. The molecule has 1 heterocycles. The van der Waals surface area contributed by atoms with Gasteiger partial charge in [0, 0.05) is 42.0 Å². The number of carbonyl (C=O) groups is 4. The van der Waals surface area contributed by atoms with E-state index in [9.17, 15) is 19.2 Å². The highest BCUT2D eigenvalue weighted by atomic mass is 32.1. The van der Waals surface area contributed by atoms with Gasteiger partial charge in [0.1, 0.15) is 16.9 Å². The number of hydrogen-bond acceptors (Lipinski definition) is 8. The van der Waals surface area contributed by atoms with Crippen molar-refractivity contribution in [1.82, 2.24) is 10.3 Å². The normalized spacial score (nSPS) is 15.0. The third-order valence-electron chi connectivity index (χ3n) is 7.79. The Hall–Kier alpha value is -4.39. The van der Waals surface area contributed by atoms with E-state index < -0.39 is 29.0 Å². The third-order valence-corrected chi connectivity index (χ3v) is 8.08. The van der Waals surface area contributed by atoms with Gasteiger partial charge in [-0.1, -0.05) is 0 Å². The van der Waals surface area contributed by atoms with Crippen molar-refractivity contribution in [1.29, 1.82) is 0 Å². The number of carbonyl (C=O) groups excluding carboxylic acids is 4. The minimum Gasteiger partial charge on any atom is -0.493 e. The van der Waals surface area contributed by atoms with E-state index in [1.54, 1.807) is 12.1 Å². The molecule has 0 bridgehead atoms. The van der Waals surface area contributed by atoms with Crippen molar-refractivity contribution in [2.75, 3.05) is 23.8 Å². The fraction of sp³-hybridized carbons (Fsp3) is 0.387. The van der Waals surface area contributed by atoms with Crippen molar-refractivity contribution >= 4 is 52.8 Å². The summed E-state index contributed by atoms with van der Waals surface area (Å²) < 4.78 is 27.2. The molecule has 4 amide bonds. The first-order chi connectivity index (χ1) is 21.1. The predicted octanol–water partition coefficient (Wildman–Crippen LogP) is 3.62. The highest BCUT2D eigenvalue weighted by Gasteiger charge is 2.58. The van der Waals surface area contributed by atoms with Crippen LogP contribution in [0.1, 0.15) is 55.3 Å². The molecule has 0 radical (unpaired) electrons. The first-order valence-electron chi connectivity index (χ1n) is 14.5.